The predicted molar refractivity (Wildman–Crippen MR) is 72.1 cm³/mol. The van der Waals surface area contributed by atoms with Crippen LogP contribution in [-0.4, -0.2) is 40.7 Å². The molecule has 1 rings (SSSR count). The molecule has 0 saturated carbocycles. The van der Waals surface area contributed by atoms with Crippen molar-refractivity contribution in [3.8, 4) is 17.2 Å². The third kappa shape index (κ3) is 2.76. The molecule has 0 aliphatic carbocycles. The van der Waals surface area contributed by atoms with Gasteiger partial charge in [0.2, 0.25) is 0 Å². The van der Waals surface area contributed by atoms with Crippen LogP contribution in [0.2, 0.25) is 0 Å². The molecule has 1 aromatic rings. The Morgan fingerprint density at radius 1 is 1.22 bits per heavy atom. The second-order valence-electron chi connectivity index (χ2n) is 3.46. The molecule has 5 nitrogen and oxygen atoms in total. The predicted octanol–water partition coefficient (Wildman–Crippen LogP) is 1.88. The first-order valence-electron chi connectivity index (χ1n) is 5.26. The number of carbonyl (C=O) groups excluding carboxylic acids is 1. The fourth-order valence-electron chi connectivity index (χ4n) is 1.60. The van der Waals surface area contributed by atoms with E-state index in [1.54, 1.807) is 13.1 Å². The highest BCUT2D eigenvalue weighted by atomic mass is 79.9. The number of halogens is 1. The summed E-state index contributed by atoms with van der Waals surface area (Å²) in [4.78, 5) is 12.0. The Labute approximate surface area is 115 Å². The minimum Gasteiger partial charge on any atom is -0.496 e. The van der Waals surface area contributed by atoms with Crippen molar-refractivity contribution in [2.45, 2.75) is 0 Å². The summed E-state index contributed by atoms with van der Waals surface area (Å²) in [5.41, 5.74) is 0.435. The van der Waals surface area contributed by atoms with Crippen molar-refractivity contribution in [2.24, 2.45) is 0 Å². The Hall–Kier alpha value is -1.27. The first-order valence-corrected chi connectivity index (χ1v) is 6.06. The van der Waals surface area contributed by atoms with Gasteiger partial charge in [-0.05, 0) is 23.0 Å². The van der Waals surface area contributed by atoms with Crippen LogP contribution in [0.5, 0.6) is 17.2 Å². The third-order valence-corrected chi connectivity index (χ3v) is 3.17. The fourth-order valence-corrected chi connectivity index (χ4v) is 2.37. The Bertz CT molecular complexity index is 448. The maximum Gasteiger partial charge on any atom is 0.181 e. The molecule has 18 heavy (non-hydrogen) atoms. The number of ether oxygens (including phenoxy) is 3. The number of likely N-dealkylation sites (N-methyl/N-ethyl adjacent to an activating group) is 1. The van der Waals surface area contributed by atoms with Gasteiger partial charge in [-0.1, -0.05) is 0 Å². The number of hydrogen-bond acceptors (Lipinski definition) is 5. The molecule has 0 aliphatic heterocycles. The molecule has 0 heterocycles. The molecule has 100 valence electrons. The van der Waals surface area contributed by atoms with Gasteiger partial charge in [0.05, 0.1) is 37.9 Å². The second kappa shape index (κ2) is 6.61. The summed E-state index contributed by atoms with van der Waals surface area (Å²) in [6.07, 6.45) is 0. The van der Waals surface area contributed by atoms with Gasteiger partial charge in [0.15, 0.2) is 17.3 Å². The average molecular weight is 318 g/mol. The average Bonchev–Trinajstić information content (AvgIpc) is 2.37. The van der Waals surface area contributed by atoms with Crippen LogP contribution in [0.1, 0.15) is 10.4 Å². The normalized spacial score (nSPS) is 10.1. The van der Waals surface area contributed by atoms with E-state index in [-0.39, 0.29) is 12.3 Å². The van der Waals surface area contributed by atoms with Gasteiger partial charge >= 0.3 is 0 Å². The lowest BCUT2D eigenvalue weighted by molar-refractivity contribution is 0.0989. The molecule has 0 bridgehead atoms. The van der Waals surface area contributed by atoms with E-state index in [9.17, 15) is 4.79 Å². The zero-order valence-corrected chi connectivity index (χ0v) is 12.4. The van der Waals surface area contributed by atoms with Crippen molar-refractivity contribution in [1.29, 1.82) is 0 Å². The largest absolute Gasteiger partial charge is 0.496 e. The molecular weight excluding hydrogens is 302 g/mol. The lowest BCUT2D eigenvalue weighted by Crippen LogP contribution is -2.20. The summed E-state index contributed by atoms with van der Waals surface area (Å²) in [5.74, 6) is 1.32. The Morgan fingerprint density at radius 3 is 2.28 bits per heavy atom. The molecule has 0 aromatic heterocycles. The molecule has 0 unspecified atom stereocenters. The van der Waals surface area contributed by atoms with Crippen molar-refractivity contribution in [3.63, 3.8) is 0 Å². The molecule has 6 heteroatoms. The molecule has 1 N–H and O–H groups in total. The second-order valence-corrected chi connectivity index (χ2v) is 4.25. The third-order valence-electron chi connectivity index (χ3n) is 2.41. The van der Waals surface area contributed by atoms with Crippen LogP contribution >= 0.6 is 15.9 Å². The lowest BCUT2D eigenvalue weighted by Gasteiger charge is -2.16. The zero-order valence-electron chi connectivity index (χ0n) is 10.8. The fraction of sp³-hybridized carbons (Fsp3) is 0.417. The first-order chi connectivity index (χ1) is 8.60. The Kier molecular flexibility index (Phi) is 5.43. The zero-order chi connectivity index (χ0) is 13.7. The maximum atomic E-state index is 12.0. The van der Waals surface area contributed by atoms with E-state index in [0.717, 1.165) is 0 Å². The minimum atomic E-state index is -0.0952. The summed E-state index contributed by atoms with van der Waals surface area (Å²) < 4.78 is 16.2. The highest BCUT2D eigenvalue weighted by Crippen LogP contribution is 2.42. The monoisotopic (exact) mass is 317 g/mol. The number of benzene rings is 1. The number of Topliss-reactive ketones (excluding diaryl/α,β-unsaturated/α-hetero) is 1. The van der Waals surface area contributed by atoms with Crippen LogP contribution in [0.25, 0.3) is 0 Å². The highest BCUT2D eigenvalue weighted by molar-refractivity contribution is 9.10. The van der Waals surface area contributed by atoms with Gasteiger partial charge in [-0.15, -0.1) is 0 Å². The number of carbonyl (C=O) groups is 1. The van der Waals surface area contributed by atoms with Crippen LogP contribution in [0.4, 0.5) is 0 Å². The van der Waals surface area contributed by atoms with Gasteiger partial charge in [-0.25, -0.2) is 0 Å². The van der Waals surface area contributed by atoms with E-state index in [1.165, 1.54) is 21.3 Å². The van der Waals surface area contributed by atoms with Crippen molar-refractivity contribution in [2.75, 3.05) is 34.9 Å². The Morgan fingerprint density at radius 2 is 1.83 bits per heavy atom. The molecule has 1 aromatic carbocycles. The molecule has 0 amide bonds. The number of nitrogens with one attached hydrogen (secondary N) is 1. The van der Waals surface area contributed by atoms with Crippen molar-refractivity contribution in [3.05, 3.63) is 16.1 Å². The molecule has 0 fully saturated rings. The lowest BCUT2D eigenvalue weighted by atomic mass is 10.1. The van der Waals surface area contributed by atoms with Crippen molar-refractivity contribution in [1.82, 2.24) is 5.32 Å². The quantitative estimate of drug-likeness (QED) is 0.812. The molecule has 0 atom stereocenters. The van der Waals surface area contributed by atoms with Crippen LogP contribution in [-0.2, 0) is 0 Å². The van der Waals surface area contributed by atoms with E-state index >= 15 is 0 Å². The first kappa shape index (κ1) is 14.8. The topological polar surface area (TPSA) is 56.8 Å². The molecule has 0 spiro atoms. The number of rotatable bonds is 6. The summed E-state index contributed by atoms with van der Waals surface area (Å²) in [5, 5.41) is 2.81. The van der Waals surface area contributed by atoms with Crippen LogP contribution in [0.15, 0.2) is 10.5 Å². The van der Waals surface area contributed by atoms with E-state index in [1.807, 2.05) is 0 Å². The van der Waals surface area contributed by atoms with E-state index in [4.69, 9.17) is 14.2 Å². The highest BCUT2D eigenvalue weighted by Gasteiger charge is 2.23. The summed E-state index contributed by atoms with van der Waals surface area (Å²) >= 11 is 3.36. The van der Waals surface area contributed by atoms with Crippen molar-refractivity contribution >= 4 is 21.7 Å². The number of ketones is 1. The number of methoxy groups -OCH3 is 3. The SMILES string of the molecule is CNCC(=O)c1c(OC)cc(OC)c(OC)c1Br. The van der Waals surface area contributed by atoms with E-state index < -0.39 is 0 Å². The number of hydrogen-bond donors (Lipinski definition) is 1. The standard InChI is InChI=1S/C12H16BrNO4/c1-14-6-7(15)10-8(16-2)5-9(17-3)12(18-4)11(10)13/h5,14H,6H2,1-4H3. The molecule has 0 aliphatic rings. The Balaban J connectivity index is 3.43. The van der Waals surface area contributed by atoms with Gasteiger partial charge in [0, 0.05) is 6.07 Å². The summed E-state index contributed by atoms with van der Waals surface area (Å²) in [7, 11) is 6.25. The molecule has 0 saturated heterocycles. The summed E-state index contributed by atoms with van der Waals surface area (Å²) in [6.45, 7) is 0.213. The van der Waals surface area contributed by atoms with Gasteiger partial charge in [-0.3, -0.25) is 4.79 Å². The van der Waals surface area contributed by atoms with Crippen LogP contribution in [0.3, 0.4) is 0 Å². The maximum absolute atomic E-state index is 12.0. The van der Waals surface area contributed by atoms with Gasteiger partial charge < -0.3 is 19.5 Å². The minimum absolute atomic E-state index is 0.0952. The van der Waals surface area contributed by atoms with Gasteiger partial charge in [0.25, 0.3) is 0 Å². The van der Waals surface area contributed by atoms with E-state index in [0.29, 0.717) is 27.3 Å². The molecular formula is C12H16BrNO4. The summed E-state index contributed by atoms with van der Waals surface area (Å²) in [6, 6.07) is 1.63. The van der Waals surface area contributed by atoms with Crippen molar-refractivity contribution < 1.29 is 19.0 Å². The van der Waals surface area contributed by atoms with Gasteiger partial charge in [0.1, 0.15) is 5.75 Å². The smallest absolute Gasteiger partial charge is 0.181 e. The van der Waals surface area contributed by atoms with E-state index in [2.05, 4.69) is 21.2 Å². The van der Waals surface area contributed by atoms with Gasteiger partial charge in [-0.2, -0.15) is 0 Å². The van der Waals surface area contributed by atoms with Crippen LogP contribution < -0.4 is 19.5 Å². The van der Waals surface area contributed by atoms with Crippen LogP contribution in [0, 0.1) is 0 Å². The molecule has 0 radical (unpaired) electrons.